The van der Waals surface area contributed by atoms with E-state index in [0.29, 0.717) is 19.3 Å². The van der Waals surface area contributed by atoms with Crippen LogP contribution in [0.4, 0.5) is 0 Å². The smallest absolute Gasteiger partial charge is 0.462 e. The summed E-state index contributed by atoms with van der Waals surface area (Å²) >= 11 is 0. The zero-order valence-electron chi connectivity index (χ0n) is 46.7. The van der Waals surface area contributed by atoms with Crippen LogP contribution in [0.15, 0.2) is 36.5 Å². The molecule has 0 saturated heterocycles. The second-order valence-corrected chi connectivity index (χ2v) is 21.6. The number of unbranched alkanes of at least 4 members (excludes halogenated alkanes) is 33. The molecule has 0 bridgehead atoms. The van der Waals surface area contributed by atoms with Gasteiger partial charge in [-0.15, -0.1) is 0 Å². The molecule has 72 heavy (non-hydrogen) atoms. The van der Waals surface area contributed by atoms with Crippen LogP contribution in [0.1, 0.15) is 290 Å². The maximum atomic E-state index is 12.9. The monoisotopic (exact) mass is 1040 g/mol. The van der Waals surface area contributed by atoms with Crippen molar-refractivity contribution in [1.82, 2.24) is 0 Å². The molecule has 0 amide bonds. The van der Waals surface area contributed by atoms with E-state index in [1.54, 1.807) is 0 Å². The topological polar surface area (TPSA) is 155 Å². The number of phosphoric acid groups is 1. The lowest BCUT2D eigenvalue weighted by Crippen LogP contribution is -2.30. The Labute approximate surface area is 441 Å². The van der Waals surface area contributed by atoms with Crippen LogP contribution < -0.4 is 0 Å². The van der Waals surface area contributed by atoms with Gasteiger partial charge in [0.25, 0.3) is 0 Å². The number of allylic oxidation sites excluding steroid dienone is 6. The first-order valence-corrected chi connectivity index (χ1v) is 31.4. The Balaban J connectivity index is 4.68. The van der Waals surface area contributed by atoms with Crippen molar-refractivity contribution in [1.29, 1.82) is 0 Å². The van der Waals surface area contributed by atoms with Crippen molar-refractivity contribution >= 4 is 25.7 Å². The first kappa shape index (κ1) is 69.7. The number of hydrogen-bond donors (Lipinski definition) is 2. The fraction of sp³-hybridized carbons (Fsp3) is 0.850. The van der Waals surface area contributed by atoms with Crippen LogP contribution in [0, 0.1) is 0 Å². The number of phosphoric ester groups is 1. The Hall–Kier alpha value is -2.30. The molecule has 0 radical (unpaired) electrons. The van der Waals surface area contributed by atoms with Gasteiger partial charge >= 0.3 is 25.7 Å². The van der Waals surface area contributed by atoms with Crippen molar-refractivity contribution in [2.45, 2.75) is 303 Å². The van der Waals surface area contributed by atoms with Gasteiger partial charge in [0.1, 0.15) is 12.7 Å². The van der Waals surface area contributed by atoms with Gasteiger partial charge in [-0.3, -0.25) is 23.4 Å². The Morgan fingerprint density at radius 3 is 1.07 bits per heavy atom. The second-order valence-electron chi connectivity index (χ2n) is 20.2. The molecular weight excluding hydrogens is 928 g/mol. The number of aliphatic hydroxyl groups excluding tert-OH is 1. The van der Waals surface area contributed by atoms with Gasteiger partial charge < -0.3 is 24.2 Å². The van der Waals surface area contributed by atoms with E-state index in [-0.39, 0.29) is 25.9 Å². The number of rotatable bonds is 56. The average molecular weight is 1040 g/mol. The molecule has 12 heteroatoms. The molecule has 0 saturated carbocycles. The predicted octanol–water partition coefficient (Wildman–Crippen LogP) is 17.6. The van der Waals surface area contributed by atoms with Gasteiger partial charge in [0.15, 0.2) is 6.10 Å². The summed E-state index contributed by atoms with van der Waals surface area (Å²) in [5, 5.41) is 9.78. The summed E-state index contributed by atoms with van der Waals surface area (Å²) < 4.78 is 39.5. The summed E-state index contributed by atoms with van der Waals surface area (Å²) in [6, 6.07) is 0. The Morgan fingerprint density at radius 2 is 0.681 bits per heavy atom. The highest BCUT2D eigenvalue weighted by atomic mass is 31.2. The molecule has 0 heterocycles. The maximum absolute atomic E-state index is 12.9. The van der Waals surface area contributed by atoms with Crippen molar-refractivity contribution in [2.75, 3.05) is 26.4 Å². The van der Waals surface area contributed by atoms with E-state index in [1.807, 2.05) is 0 Å². The van der Waals surface area contributed by atoms with Crippen molar-refractivity contribution < 1.29 is 52.2 Å². The van der Waals surface area contributed by atoms with E-state index >= 15 is 0 Å². The first-order valence-electron chi connectivity index (χ1n) is 29.9. The number of hydrogen-bond acceptors (Lipinski definition) is 10. The number of carbonyl (C=O) groups is 3. The van der Waals surface area contributed by atoms with Gasteiger partial charge in [0.05, 0.1) is 19.8 Å². The SMILES string of the molecule is CCCCC/C=C\C/C=C\CCCCCCCCCC(=O)OCC(COP(=O)(O)OCC(CO)OC(=O)CCCCCCCCCCC)OC(=O)CCCCCCCCCCC/C=C\CCCCCCCC. The van der Waals surface area contributed by atoms with E-state index in [4.69, 9.17) is 23.3 Å². The number of aliphatic hydroxyl groups is 1. The largest absolute Gasteiger partial charge is 0.472 e. The van der Waals surface area contributed by atoms with Crippen molar-refractivity contribution in [2.24, 2.45) is 0 Å². The van der Waals surface area contributed by atoms with Gasteiger partial charge in [-0.25, -0.2) is 4.57 Å². The minimum atomic E-state index is -4.74. The highest BCUT2D eigenvalue weighted by Crippen LogP contribution is 2.43. The molecule has 11 nitrogen and oxygen atoms in total. The van der Waals surface area contributed by atoms with Crippen LogP contribution in [0.3, 0.4) is 0 Å². The number of esters is 3. The van der Waals surface area contributed by atoms with Crippen LogP contribution in [0.2, 0.25) is 0 Å². The van der Waals surface area contributed by atoms with Crippen LogP contribution >= 0.6 is 7.82 Å². The summed E-state index contributed by atoms with van der Waals surface area (Å²) in [5.41, 5.74) is 0. The fourth-order valence-corrected chi connectivity index (χ4v) is 9.23. The predicted molar refractivity (Wildman–Crippen MR) is 298 cm³/mol. The number of carbonyl (C=O) groups excluding carboxylic acids is 3. The summed E-state index contributed by atoms with van der Waals surface area (Å²) in [7, 11) is -4.74. The average Bonchev–Trinajstić information content (AvgIpc) is 3.37. The second kappa shape index (κ2) is 54.9. The summed E-state index contributed by atoms with van der Waals surface area (Å²) in [5.74, 6) is -1.46. The van der Waals surface area contributed by atoms with Crippen LogP contribution in [-0.4, -0.2) is 66.5 Å². The molecule has 0 aromatic heterocycles. The van der Waals surface area contributed by atoms with E-state index < -0.39 is 57.8 Å². The minimum absolute atomic E-state index is 0.167. The summed E-state index contributed by atoms with van der Waals surface area (Å²) in [4.78, 5) is 48.5. The van der Waals surface area contributed by atoms with E-state index in [9.17, 15) is 28.9 Å². The third-order valence-corrected chi connectivity index (χ3v) is 14.0. The Kier molecular flexibility index (Phi) is 53.2. The zero-order valence-corrected chi connectivity index (χ0v) is 47.6. The normalized spacial score (nSPS) is 13.6. The molecule has 0 spiro atoms. The molecule has 0 aliphatic rings. The van der Waals surface area contributed by atoms with E-state index in [1.165, 1.54) is 161 Å². The third-order valence-electron chi connectivity index (χ3n) is 13.0. The molecule has 0 aromatic rings. The maximum Gasteiger partial charge on any atom is 0.472 e. The summed E-state index contributed by atoms with van der Waals surface area (Å²) in [6.07, 6.45) is 56.8. The minimum Gasteiger partial charge on any atom is -0.462 e. The number of ether oxygens (including phenoxy) is 3. The zero-order chi connectivity index (χ0) is 52.7. The fourth-order valence-electron chi connectivity index (χ4n) is 8.44. The van der Waals surface area contributed by atoms with Crippen molar-refractivity contribution in [3.8, 4) is 0 Å². The van der Waals surface area contributed by atoms with Crippen molar-refractivity contribution in [3.05, 3.63) is 36.5 Å². The lowest BCUT2D eigenvalue weighted by Gasteiger charge is -2.21. The Bertz CT molecular complexity index is 1350. The molecule has 422 valence electrons. The quantitative estimate of drug-likeness (QED) is 0.0197. The lowest BCUT2D eigenvalue weighted by atomic mass is 10.1. The third kappa shape index (κ3) is 52.6. The standard InChI is InChI=1S/C60H111O11P/c1-4-7-10-13-16-19-21-23-25-27-28-30-32-34-36-39-42-45-48-51-60(64)71-57(53-67-58(62)49-46-43-40-38-35-33-31-29-26-24-22-20-17-14-11-8-5-2)55-69-72(65,66)68-54-56(52-61)70-59(63)50-47-44-41-37-18-15-12-9-6-3/h17,20,23-26,56-57,61H,4-16,18-19,21-22,27-55H2,1-3H3,(H,65,66)/b20-17-,25-23-,26-24-. The highest BCUT2D eigenvalue weighted by molar-refractivity contribution is 7.47. The lowest BCUT2D eigenvalue weighted by molar-refractivity contribution is -0.161. The van der Waals surface area contributed by atoms with Crippen molar-refractivity contribution in [3.63, 3.8) is 0 Å². The van der Waals surface area contributed by atoms with Gasteiger partial charge in [0, 0.05) is 19.3 Å². The highest BCUT2D eigenvalue weighted by Gasteiger charge is 2.28. The van der Waals surface area contributed by atoms with Gasteiger partial charge in [-0.1, -0.05) is 231 Å². The molecule has 2 N–H and O–H groups in total. The first-order chi connectivity index (χ1) is 35.2. The molecule has 3 unspecified atom stereocenters. The Morgan fingerprint density at radius 1 is 0.389 bits per heavy atom. The molecule has 0 aliphatic heterocycles. The van der Waals surface area contributed by atoms with Crippen LogP contribution in [-0.2, 0) is 42.2 Å². The van der Waals surface area contributed by atoms with Crippen LogP contribution in [0.5, 0.6) is 0 Å². The van der Waals surface area contributed by atoms with E-state index in [2.05, 4.69) is 57.2 Å². The van der Waals surface area contributed by atoms with Gasteiger partial charge in [-0.05, 0) is 77.0 Å². The van der Waals surface area contributed by atoms with Crippen LogP contribution in [0.25, 0.3) is 0 Å². The molecule has 0 aliphatic carbocycles. The van der Waals surface area contributed by atoms with Gasteiger partial charge in [-0.2, -0.15) is 0 Å². The molecule has 0 aromatic carbocycles. The van der Waals surface area contributed by atoms with E-state index in [0.717, 1.165) is 70.6 Å². The summed E-state index contributed by atoms with van der Waals surface area (Å²) in [6.45, 7) is 4.62. The molecule has 0 fully saturated rings. The molecule has 3 atom stereocenters. The molecule has 0 rings (SSSR count). The molecular formula is C60H111O11P. The van der Waals surface area contributed by atoms with Gasteiger partial charge in [0.2, 0.25) is 0 Å².